The first-order valence-electron chi connectivity index (χ1n) is 4.28. The molecule has 2 rings (SSSR count). The average molecular weight is 199 g/mol. The van der Waals surface area contributed by atoms with Gasteiger partial charge in [0.25, 0.3) is 0 Å². The lowest BCUT2D eigenvalue weighted by Gasteiger charge is -2.26. The molecule has 70 valence electrons. The van der Waals surface area contributed by atoms with Crippen molar-refractivity contribution in [1.82, 2.24) is 10.3 Å². The van der Waals surface area contributed by atoms with E-state index in [2.05, 4.69) is 10.3 Å². The van der Waals surface area contributed by atoms with Gasteiger partial charge in [-0.05, 0) is 0 Å². The Bertz CT molecular complexity index is 289. The van der Waals surface area contributed by atoms with E-state index in [4.69, 9.17) is 16.3 Å². The highest BCUT2D eigenvalue weighted by Gasteiger charge is 2.16. The lowest BCUT2D eigenvalue weighted by Crippen LogP contribution is -2.45. The van der Waals surface area contributed by atoms with Crippen LogP contribution in [0.2, 0.25) is 5.02 Å². The molecular formula is C9H11ClN2O. The van der Waals surface area contributed by atoms with Crippen molar-refractivity contribution in [3.63, 3.8) is 0 Å². The molecule has 3 nitrogen and oxygen atoms in total. The number of ether oxygens (including phenoxy) is 1. The number of halogens is 1. The summed E-state index contributed by atoms with van der Waals surface area (Å²) in [5, 5.41) is 3.80. The van der Waals surface area contributed by atoms with E-state index in [1.165, 1.54) is 0 Å². The molecule has 13 heavy (non-hydrogen) atoms. The van der Waals surface area contributed by atoms with Crippen molar-refractivity contribution in [2.45, 2.75) is 0 Å². The fourth-order valence-corrected chi connectivity index (χ4v) is 1.32. The molecule has 1 saturated heterocycles. The lowest BCUT2D eigenvalue weighted by atomic mass is 10.1. The van der Waals surface area contributed by atoms with Crippen LogP contribution in [0.5, 0.6) is 5.75 Å². The van der Waals surface area contributed by atoms with Gasteiger partial charge in [0.1, 0.15) is 5.75 Å². The molecule has 1 aliphatic heterocycles. The van der Waals surface area contributed by atoms with Crippen LogP contribution in [0.1, 0.15) is 0 Å². The summed E-state index contributed by atoms with van der Waals surface area (Å²) in [6.07, 6.45) is 3.28. The molecule has 0 spiro atoms. The zero-order valence-corrected chi connectivity index (χ0v) is 7.92. The molecule has 1 aromatic rings. The first-order chi connectivity index (χ1) is 6.34. The highest BCUT2D eigenvalue weighted by molar-refractivity contribution is 6.30. The van der Waals surface area contributed by atoms with E-state index in [0.29, 0.717) is 10.9 Å². The minimum Gasteiger partial charge on any atom is -0.492 e. The molecule has 0 unspecified atom stereocenters. The molecule has 0 saturated carbocycles. The van der Waals surface area contributed by atoms with Crippen molar-refractivity contribution < 1.29 is 4.74 Å². The van der Waals surface area contributed by atoms with Crippen molar-refractivity contribution in [2.75, 3.05) is 19.7 Å². The molecule has 0 atom stereocenters. The molecule has 0 amide bonds. The van der Waals surface area contributed by atoms with E-state index < -0.39 is 0 Å². The largest absolute Gasteiger partial charge is 0.492 e. The number of rotatable bonds is 3. The fraction of sp³-hybridized carbons (Fsp3) is 0.444. The molecule has 1 N–H and O–H groups in total. The maximum absolute atomic E-state index is 5.75. The fourth-order valence-electron chi connectivity index (χ4n) is 1.15. The second-order valence-electron chi connectivity index (χ2n) is 3.17. The van der Waals surface area contributed by atoms with Crippen LogP contribution in [0.3, 0.4) is 0 Å². The lowest BCUT2D eigenvalue weighted by molar-refractivity contribution is 0.198. The summed E-state index contributed by atoms with van der Waals surface area (Å²) >= 11 is 5.75. The zero-order chi connectivity index (χ0) is 9.10. The summed E-state index contributed by atoms with van der Waals surface area (Å²) in [5.74, 6) is 1.39. The van der Waals surface area contributed by atoms with Crippen molar-refractivity contribution in [3.8, 4) is 5.75 Å². The zero-order valence-electron chi connectivity index (χ0n) is 7.16. The number of hydrogen-bond acceptors (Lipinski definition) is 3. The maximum atomic E-state index is 5.75. The minimum absolute atomic E-state index is 0.615. The SMILES string of the molecule is Clc1cncc(OCC2CNC2)c1. The normalized spacial score (nSPS) is 16.7. The Morgan fingerprint density at radius 3 is 3.00 bits per heavy atom. The summed E-state index contributed by atoms with van der Waals surface area (Å²) in [4.78, 5) is 3.93. The molecule has 1 aliphatic rings. The van der Waals surface area contributed by atoms with Crippen LogP contribution >= 0.6 is 11.6 Å². The summed E-state index contributed by atoms with van der Waals surface area (Å²) in [5.41, 5.74) is 0. The van der Waals surface area contributed by atoms with Crippen LogP contribution in [-0.2, 0) is 0 Å². The van der Waals surface area contributed by atoms with E-state index >= 15 is 0 Å². The topological polar surface area (TPSA) is 34.1 Å². The molecular weight excluding hydrogens is 188 g/mol. The van der Waals surface area contributed by atoms with E-state index in [0.717, 1.165) is 25.4 Å². The Morgan fingerprint density at radius 1 is 1.54 bits per heavy atom. The number of nitrogens with one attached hydrogen (secondary N) is 1. The van der Waals surface area contributed by atoms with Crippen molar-refractivity contribution in [1.29, 1.82) is 0 Å². The van der Waals surface area contributed by atoms with Gasteiger partial charge in [0.05, 0.1) is 17.8 Å². The van der Waals surface area contributed by atoms with Crippen LogP contribution in [0, 0.1) is 5.92 Å². The first kappa shape index (κ1) is 8.78. The predicted molar refractivity (Wildman–Crippen MR) is 51.1 cm³/mol. The molecule has 2 heterocycles. The molecule has 0 aromatic carbocycles. The number of aromatic nitrogens is 1. The third kappa shape index (κ3) is 2.32. The third-order valence-corrected chi connectivity index (χ3v) is 2.24. The molecule has 0 radical (unpaired) electrons. The van der Waals surface area contributed by atoms with Gasteiger partial charge < -0.3 is 10.1 Å². The summed E-state index contributed by atoms with van der Waals surface area (Å²) < 4.78 is 5.50. The van der Waals surface area contributed by atoms with Crippen molar-refractivity contribution in [3.05, 3.63) is 23.5 Å². The number of hydrogen-bond donors (Lipinski definition) is 1. The minimum atomic E-state index is 0.615. The summed E-state index contributed by atoms with van der Waals surface area (Å²) in [6.45, 7) is 2.84. The van der Waals surface area contributed by atoms with Gasteiger partial charge in [0.15, 0.2) is 0 Å². The summed E-state index contributed by atoms with van der Waals surface area (Å²) in [7, 11) is 0. The van der Waals surface area contributed by atoms with E-state index in [1.54, 1.807) is 18.5 Å². The Balaban J connectivity index is 1.86. The Hall–Kier alpha value is -0.800. The van der Waals surface area contributed by atoms with Gasteiger partial charge in [0.2, 0.25) is 0 Å². The smallest absolute Gasteiger partial charge is 0.139 e. The van der Waals surface area contributed by atoms with Crippen molar-refractivity contribution in [2.24, 2.45) is 5.92 Å². The number of nitrogens with zero attached hydrogens (tertiary/aromatic N) is 1. The molecule has 4 heteroatoms. The van der Waals surface area contributed by atoms with Gasteiger partial charge in [-0.2, -0.15) is 0 Å². The molecule has 1 aromatic heterocycles. The van der Waals surface area contributed by atoms with E-state index in [-0.39, 0.29) is 0 Å². The van der Waals surface area contributed by atoms with Crippen molar-refractivity contribution >= 4 is 11.6 Å². The highest BCUT2D eigenvalue weighted by atomic mass is 35.5. The third-order valence-electron chi connectivity index (χ3n) is 2.03. The van der Waals surface area contributed by atoms with Crippen LogP contribution in [0.15, 0.2) is 18.5 Å². The maximum Gasteiger partial charge on any atom is 0.139 e. The van der Waals surface area contributed by atoms with Gasteiger partial charge in [-0.3, -0.25) is 4.98 Å². The second kappa shape index (κ2) is 3.94. The van der Waals surface area contributed by atoms with Gasteiger partial charge in [0, 0.05) is 31.3 Å². The Labute approximate surface area is 82.1 Å². The number of pyridine rings is 1. The van der Waals surface area contributed by atoms with Crippen LogP contribution in [0.25, 0.3) is 0 Å². The van der Waals surface area contributed by atoms with Gasteiger partial charge in [-0.25, -0.2) is 0 Å². The molecule has 0 bridgehead atoms. The predicted octanol–water partition coefficient (Wildman–Crippen LogP) is 1.33. The Kier molecular flexibility index (Phi) is 2.66. The second-order valence-corrected chi connectivity index (χ2v) is 3.61. The average Bonchev–Trinajstić information content (AvgIpc) is 2.01. The van der Waals surface area contributed by atoms with Gasteiger partial charge in [-0.15, -0.1) is 0 Å². The quantitative estimate of drug-likeness (QED) is 0.796. The van der Waals surface area contributed by atoms with Crippen LogP contribution in [-0.4, -0.2) is 24.7 Å². The first-order valence-corrected chi connectivity index (χ1v) is 4.66. The summed E-state index contributed by atoms with van der Waals surface area (Å²) in [6, 6.07) is 1.78. The van der Waals surface area contributed by atoms with E-state index in [1.807, 2.05) is 0 Å². The molecule has 0 aliphatic carbocycles. The standard InChI is InChI=1S/C9H11ClN2O/c10-8-1-9(5-12-4-8)13-6-7-2-11-3-7/h1,4-5,7,11H,2-3,6H2. The van der Waals surface area contributed by atoms with Crippen LogP contribution in [0.4, 0.5) is 0 Å². The van der Waals surface area contributed by atoms with Crippen LogP contribution < -0.4 is 10.1 Å². The monoisotopic (exact) mass is 198 g/mol. The van der Waals surface area contributed by atoms with E-state index in [9.17, 15) is 0 Å². The highest BCUT2D eigenvalue weighted by Crippen LogP contribution is 2.16. The Morgan fingerprint density at radius 2 is 2.38 bits per heavy atom. The molecule has 1 fully saturated rings. The van der Waals surface area contributed by atoms with Gasteiger partial charge >= 0.3 is 0 Å². The van der Waals surface area contributed by atoms with Gasteiger partial charge in [-0.1, -0.05) is 11.6 Å².